The van der Waals surface area contributed by atoms with Gasteiger partial charge in [0, 0.05) is 52.2 Å². The molecule has 262 valence electrons. The van der Waals surface area contributed by atoms with Crippen molar-refractivity contribution in [3.05, 3.63) is 93.6 Å². The zero-order valence-corrected chi connectivity index (χ0v) is 30.3. The van der Waals surface area contributed by atoms with Gasteiger partial charge in [-0.3, -0.25) is 4.79 Å². The molecule has 7 aromatic rings. The molecule has 10 rings (SSSR count). The van der Waals surface area contributed by atoms with Crippen molar-refractivity contribution >= 4 is 94.2 Å². The number of aryl methyl sites for hydroxylation is 2. The van der Waals surface area contributed by atoms with E-state index >= 15 is 0 Å². The molecule has 1 N–H and O–H groups in total. The van der Waals surface area contributed by atoms with Gasteiger partial charge >= 0.3 is 5.97 Å². The summed E-state index contributed by atoms with van der Waals surface area (Å²) in [6.07, 6.45) is 0.996. The number of carboxylic acids is 1. The van der Waals surface area contributed by atoms with Crippen molar-refractivity contribution in [3.8, 4) is 23.0 Å². The number of fused-ring (bicyclic) bond motifs is 12. The maximum Gasteiger partial charge on any atom is 0.323 e. The number of hydrogen-bond acceptors (Lipinski definition) is 7. The molecule has 14 heteroatoms. The summed E-state index contributed by atoms with van der Waals surface area (Å²) in [5.41, 5.74) is 5.92. The monoisotopic (exact) mass is 753 g/mol. The third-order valence-electron chi connectivity index (χ3n) is 9.77. The Morgan fingerprint density at radius 2 is 1.19 bits per heavy atom. The fourth-order valence-corrected chi connectivity index (χ4v) is 8.89. The van der Waals surface area contributed by atoms with Crippen molar-refractivity contribution in [2.45, 2.75) is 33.0 Å². The topological polar surface area (TPSA) is 127 Å². The van der Waals surface area contributed by atoms with E-state index in [1.54, 1.807) is 0 Å². The van der Waals surface area contributed by atoms with Crippen LogP contribution in [0, 0.1) is 0 Å². The van der Waals surface area contributed by atoms with Crippen molar-refractivity contribution in [3.63, 3.8) is 0 Å². The molecular weight excluding hydrogens is 725 g/mol. The first-order valence-electron chi connectivity index (χ1n) is 16.6. The normalized spacial score (nSPS) is 16.8. The molecule has 2 atom stereocenters. The molecule has 11 nitrogen and oxygen atoms in total. The number of sulfonamides is 1. The Balaban J connectivity index is 0.000000314. The third-order valence-corrected chi connectivity index (χ3v) is 11.7. The van der Waals surface area contributed by atoms with Crippen LogP contribution in [-0.4, -0.2) is 51.8 Å². The van der Waals surface area contributed by atoms with Gasteiger partial charge in [0.25, 0.3) is 0 Å². The van der Waals surface area contributed by atoms with E-state index in [1.807, 2.05) is 24.3 Å². The van der Waals surface area contributed by atoms with Gasteiger partial charge < -0.3 is 23.7 Å². The number of nitrogens with zero attached hydrogens (tertiary/aromatic N) is 5. The van der Waals surface area contributed by atoms with Gasteiger partial charge in [0.15, 0.2) is 23.0 Å². The van der Waals surface area contributed by atoms with E-state index in [9.17, 15) is 13.2 Å². The Kier molecular flexibility index (Phi) is 7.36. The molecule has 3 aliphatic rings. The standard InChI is InChI=1S/C34H22Cl2N4O2.C4H7NO4S/c1-3-39-19-11-7-5-9-17(19)25-21(39)13-15-23-29(25)37-31-27(35)34-32(28(36)33(31)41-23)38-30-24(42-34)16-14-22-26(30)18-10-6-8-12-20(18)40(22)4-2;1-10(8,9)5-2-3(5)4(6)7/h5-16H,3-4H2,1-2H3;3H,2H2,1H3,(H,6,7). The minimum atomic E-state index is -3.27. The number of halogens is 2. The van der Waals surface area contributed by atoms with E-state index in [2.05, 4.69) is 71.5 Å². The van der Waals surface area contributed by atoms with Crippen LogP contribution in [0.25, 0.3) is 43.6 Å². The molecule has 1 saturated heterocycles. The zero-order chi connectivity index (χ0) is 36.2. The molecule has 2 unspecified atom stereocenters. The number of hydrogen-bond donors (Lipinski definition) is 1. The van der Waals surface area contributed by atoms with Crippen molar-refractivity contribution in [2.24, 2.45) is 9.98 Å². The predicted molar refractivity (Wildman–Crippen MR) is 201 cm³/mol. The van der Waals surface area contributed by atoms with E-state index in [4.69, 9.17) is 47.8 Å². The molecule has 0 radical (unpaired) electrons. The fraction of sp³-hybridized carbons (Fsp3) is 0.184. The average molecular weight is 755 g/mol. The summed E-state index contributed by atoms with van der Waals surface area (Å²) >= 11 is 14.1. The Morgan fingerprint density at radius 1 is 0.750 bits per heavy atom. The van der Waals surface area contributed by atoms with E-state index in [0.29, 0.717) is 43.8 Å². The second-order valence-electron chi connectivity index (χ2n) is 12.7. The maximum atomic E-state index is 10.6. The number of carbonyl (C=O) groups is 1. The fourth-order valence-electron chi connectivity index (χ4n) is 7.42. The van der Waals surface area contributed by atoms with E-state index in [-0.39, 0.29) is 6.54 Å². The number of benzene rings is 5. The number of carboxylic acid groups (broad SMARTS) is 1. The number of aromatic nitrogens is 2. The van der Waals surface area contributed by atoms with Crippen LogP contribution in [0.15, 0.2) is 82.8 Å². The van der Waals surface area contributed by atoms with Crippen LogP contribution in [0.5, 0.6) is 23.0 Å². The Bertz CT molecular complexity index is 2800. The smallest absolute Gasteiger partial charge is 0.323 e. The molecule has 5 aromatic carbocycles. The minimum Gasteiger partial charge on any atom is -0.480 e. The first-order valence-corrected chi connectivity index (χ1v) is 19.2. The summed E-state index contributed by atoms with van der Waals surface area (Å²) in [7, 11) is -3.27. The summed E-state index contributed by atoms with van der Waals surface area (Å²) in [5, 5.41) is 14.1. The highest BCUT2D eigenvalue weighted by molar-refractivity contribution is 7.88. The molecule has 3 aliphatic heterocycles. The third kappa shape index (κ3) is 4.74. The van der Waals surface area contributed by atoms with E-state index < -0.39 is 22.0 Å². The van der Waals surface area contributed by atoms with Crippen molar-refractivity contribution in [1.29, 1.82) is 0 Å². The molecule has 0 saturated carbocycles. The van der Waals surface area contributed by atoms with Crippen molar-refractivity contribution in [2.75, 3.05) is 12.8 Å². The lowest BCUT2D eigenvalue weighted by Gasteiger charge is -2.21. The van der Waals surface area contributed by atoms with Crippen LogP contribution in [0.1, 0.15) is 13.8 Å². The van der Waals surface area contributed by atoms with Crippen LogP contribution in [-0.2, 0) is 27.9 Å². The van der Waals surface area contributed by atoms with Gasteiger partial charge in [0.05, 0.1) is 17.3 Å². The van der Waals surface area contributed by atoms with Gasteiger partial charge in [0.2, 0.25) is 10.0 Å². The number of para-hydroxylation sites is 2. The quantitative estimate of drug-likeness (QED) is 0.181. The number of aliphatic carboxylic acids is 1. The van der Waals surface area contributed by atoms with Gasteiger partial charge in [-0.1, -0.05) is 59.6 Å². The zero-order valence-electron chi connectivity index (χ0n) is 28.0. The molecular formula is C38H29Cl2N5O6S. The highest BCUT2D eigenvalue weighted by Gasteiger charge is 2.47. The largest absolute Gasteiger partial charge is 0.480 e. The summed E-state index contributed by atoms with van der Waals surface area (Å²) in [4.78, 5) is 20.3. The van der Waals surface area contributed by atoms with Crippen LogP contribution in [0.2, 0.25) is 10.0 Å². The molecule has 5 heterocycles. The lowest BCUT2D eigenvalue weighted by Crippen LogP contribution is -2.22. The van der Waals surface area contributed by atoms with Gasteiger partial charge in [-0.15, -0.1) is 0 Å². The Hall–Kier alpha value is -5.14. The lowest BCUT2D eigenvalue weighted by molar-refractivity contribution is -0.136. The average Bonchev–Trinajstić information content (AvgIpc) is 3.83. The van der Waals surface area contributed by atoms with Gasteiger partial charge in [-0.05, 0) is 50.2 Å². The maximum absolute atomic E-state index is 10.6. The summed E-state index contributed by atoms with van der Waals surface area (Å²) in [6.45, 7) is 6.07. The van der Waals surface area contributed by atoms with Gasteiger partial charge in [0.1, 0.15) is 38.2 Å². The number of ether oxygens (including phenoxy) is 2. The first-order chi connectivity index (χ1) is 25.0. The van der Waals surface area contributed by atoms with Gasteiger partial charge in [-0.2, -0.15) is 4.31 Å². The van der Waals surface area contributed by atoms with Crippen LogP contribution >= 0.6 is 23.2 Å². The van der Waals surface area contributed by atoms with Crippen LogP contribution < -0.4 is 20.2 Å². The minimum absolute atomic E-state index is 0.119. The molecule has 2 aromatic heterocycles. The van der Waals surface area contributed by atoms with Crippen molar-refractivity contribution in [1.82, 2.24) is 13.4 Å². The lowest BCUT2D eigenvalue weighted by atomic mass is 10.1. The summed E-state index contributed by atoms with van der Waals surface area (Å²) < 4.78 is 39.6. The highest BCUT2D eigenvalue weighted by atomic mass is 35.5. The Labute approximate surface area is 306 Å². The Morgan fingerprint density at radius 3 is 1.56 bits per heavy atom. The second-order valence-corrected chi connectivity index (χ2v) is 15.4. The summed E-state index contributed by atoms with van der Waals surface area (Å²) in [5.74, 6) is 0.927. The van der Waals surface area contributed by atoms with Crippen molar-refractivity contribution < 1.29 is 27.8 Å². The number of rotatable bonds is 4. The predicted octanol–water partition coefficient (Wildman–Crippen LogP) is 8.08. The molecule has 0 amide bonds. The van der Waals surface area contributed by atoms with E-state index in [1.165, 1.54) is 0 Å². The SMILES string of the molecule is CCn1c2ccccc2c2c3c(ccc21)Oc1c(Cl)c2c(c(Cl)c1=N3)Oc1ccc3c(c1N=2)c1ccccc1n3CC.CS(=O)(=O)N1CC1C(=O)O. The van der Waals surface area contributed by atoms with Gasteiger partial charge in [-0.25, -0.2) is 18.4 Å². The molecule has 0 bridgehead atoms. The molecule has 0 spiro atoms. The molecule has 1 fully saturated rings. The van der Waals surface area contributed by atoms with Crippen LogP contribution in [0.4, 0.5) is 11.4 Å². The molecule has 0 aliphatic carbocycles. The highest BCUT2D eigenvalue weighted by Crippen LogP contribution is 2.49. The second kappa shape index (κ2) is 11.7. The van der Waals surface area contributed by atoms with Crippen LogP contribution in [0.3, 0.4) is 0 Å². The summed E-state index contributed by atoms with van der Waals surface area (Å²) in [6, 6.07) is 23.9. The molecule has 52 heavy (non-hydrogen) atoms. The first kappa shape index (κ1) is 32.7. The van der Waals surface area contributed by atoms with E-state index in [0.717, 1.165) is 78.6 Å².